The second kappa shape index (κ2) is 12.8. The maximum atomic E-state index is 13.0. The van der Waals surface area contributed by atoms with Gasteiger partial charge >= 0.3 is 5.69 Å². The monoisotopic (exact) mass is 576 g/mol. The van der Waals surface area contributed by atoms with Gasteiger partial charge in [0.25, 0.3) is 11.5 Å². The van der Waals surface area contributed by atoms with E-state index >= 15 is 0 Å². The van der Waals surface area contributed by atoms with Crippen molar-refractivity contribution in [3.63, 3.8) is 0 Å². The van der Waals surface area contributed by atoms with E-state index in [2.05, 4.69) is 5.32 Å². The standard InChI is InChI=1S/C26H32N4O11/c1-2-5-12-6-3-4-7-14(12)28-23(37)16-10-15(32)19(35)25(39-16)41-21(22(27)36)20-13(11-31)18(34)24(40-20)30-9-8-17(33)29-26(30)38/h3-4,6-10,13,15,18-21,24-25,31-32,34-35H,2,5,11H2,1H3,(H2,27,36)(H,28,37)(H,29,33,38)/t13-,15-,18+,19-,20-,21+,24+,25+/m0/s1. The summed E-state index contributed by atoms with van der Waals surface area (Å²) in [6.45, 7) is 1.24. The molecule has 1 fully saturated rings. The summed E-state index contributed by atoms with van der Waals surface area (Å²) in [6.07, 6.45) is -7.99. The first-order chi connectivity index (χ1) is 19.5. The molecule has 1 aromatic carbocycles. The molecular weight excluding hydrogens is 544 g/mol. The van der Waals surface area contributed by atoms with Crippen LogP contribution in [0.2, 0.25) is 0 Å². The summed E-state index contributed by atoms with van der Waals surface area (Å²) in [7, 11) is 0. The number of hydrogen-bond acceptors (Lipinski definition) is 11. The van der Waals surface area contributed by atoms with E-state index in [1.54, 1.807) is 12.1 Å². The number of aryl methyl sites for hydroxylation is 1. The minimum absolute atomic E-state index is 0.411. The van der Waals surface area contributed by atoms with Crippen molar-refractivity contribution < 1.29 is 44.2 Å². The number of amides is 2. The first kappa shape index (κ1) is 30.1. The van der Waals surface area contributed by atoms with E-state index < -0.39 is 84.4 Å². The van der Waals surface area contributed by atoms with Crippen LogP contribution in [0.1, 0.15) is 25.1 Å². The van der Waals surface area contributed by atoms with Gasteiger partial charge in [0, 0.05) is 23.9 Å². The largest absolute Gasteiger partial charge is 0.456 e. The fraction of sp³-hybridized carbons (Fsp3) is 0.462. The smallest absolute Gasteiger partial charge is 0.330 e. The van der Waals surface area contributed by atoms with Crippen LogP contribution in [0, 0.1) is 5.92 Å². The molecule has 0 saturated carbocycles. The molecule has 0 aliphatic carbocycles. The van der Waals surface area contributed by atoms with Crippen LogP contribution in [0.25, 0.3) is 0 Å². The summed E-state index contributed by atoms with van der Waals surface area (Å²) in [5.74, 6) is -3.56. The Labute approximate surface area is 232 Å². The van der Waals surface area contributed by atoms with Gasteiger partial charge in [0.1, 0.15) is 24.4 Å². The van der Waals surface area contributed by atoms with Gasteiger partial charge in [0.15, 0.2) is 18.1 Å². The highest BCUT2D eigenvalue weighted by molar-refractivity contribution is 6.02. The Bertz CT molecular complexity index is 1410. The third kappa shape index (κ3) is 6.40. The Morgan fingerprint density at radius 3 is 2.56 bits per heavy atom. The summed E-state index contributed by atoms with van der Waals surface area (Å²) in [4.78, 5) is 51.2. The Morgan fingerprint density at radius 2 is 1.90 bits per heavy atom. The average molecular weight is 577 g/mol. The summed E-state index contributed by atoms with van der Waals surface area (Å²) in [5.41, 5.74) is 5.29. The highest BCUT2D eigenvalue weighted by Gasteiger charge is 2.51. The number of hydrogen-bond donors (Lipinski definition) is 7. The van der Waals surface area contributed by atoms with E-state index in [1.807, 2.05) is 24.0 Å². The molecule has 8 atom stereocenters. The highest BCUT2D eigenvalue weighted by atomic mass is 16.7. The number of carbonyl (C=O) groups excluding carboxylic acids is 2. The van der Waals surface area contributed by atoms with Crippen molar-refractivity contribution in [2.75, 3.05) is 11.9 Å². The SMILES string of the molecule is CCCc1ccccc1NC(=O)C1=C[C@H](O)[C@H](O)[C@@H](O[C@@H](C(N)=O)[C@H]2O[C@@H](n3ccc(=O)[nH]c3=O)[C@H](O)[C@@H]2CO)O1. The van der Waals surface area contributed by atoms with Crippen LogP contribution < -0.4 is 22.3 Å². The number of para-hydroxylation sites is 1. The van der Waals surface area contributed by atoms with Crippen LogP contribution >= 0.6 is 0 Å². The number of aliphatic hydroxyl groups is 4. The van der Waals surface area contributed by atoms with E-state index in [1.165, 1.54) is 0 Å². The molecule has 2 aromatic rings. The molecule has 15 heteroatoms. The summed E-state index contributed by atoms with van der Waals surface area (Å²) < 4.78 is 17.7. The fourth-order valence-corrected chi connectivity index (χ4v) is 4.76. The lowest BCUT2D eigenvalue weighted by Gasteiger charge is -2.35. The van der Waals surface area contributed by atoms with Crippen molar-refractivity contribution in [2.45, 2.75) is 62.8 Å². The van der Waals surface area contributed by atoms with E-state index in [0.29, 0.717) is 12.1 Å². The normalized spacial score (nSPS) is 28.4. The van der Waals surface area contributed by atoms with E-state index in [-0.39, 0.29) is 0 Å². The molecule has 0 radical (unpaired) electrons. The molecule has 15 nitrogen and oxygen atoms in total. The zero-order valence-electron chi connectivity index (χ0n) is 22.0. The molecule has 222 valence electrons. The number of ether oxygens (including phenoxy) is 3. The predicted octanol–water partition coefficient (Wildman–Crippen LogP) is -2.17. The van der Waals surface area contributed by atoms with E-state index in [0.717, 1.165) is 34.9 Å². The third-order valence-electron chi connectivity index (χ3n) is 6.85. The van der Waals surface area contributed by atoms with Gasteiger partial charge in [-0.25, -0.2) is 4.79 Å². The molecule has 3 heterocycles. The summed E-state index contributed by atoms with van der Waals surface area (Å²) >= 11 is 0. The number of nitrogens with two attached hydrogens (primary N) is 1. The van der Waals surface area contributed by atoms with Gasteiger partial charge in [0.2, 0.25) is 12.2 Å². The molecule has 4 rings (SSSR count). The summed E-state index contributed by atoms with van der Waals surface area (Å²) in [5, 5.41) is 44.4. The van der Waals surface area contributed by atoms with E-state index in [4.69, 9.17) is 19.9 Å². The Morgan fingerprint density at radius 1 is 1.17 bits per heavy atom. The molecule has 1 saturated heterocycles. The van der Waals surface area contributed by atoms with Crippen molar-refractivity contribution in [1.29, 1.82) is 0 Å². The average Bonchev–Trinajstić information content (AvgIpc) is 3.25. The second-order valence-electron chi connectivity index (χ2n) is 9.66. The number of nitrogens with zero attached hydrogens (tertiary/aromatic N) is 1. The van der Waals surface area contributed by atoms with Gasteiger partial charge in [0.05, 0.1) is 6.61 Å². The molecular formula is C26H32N4O11. The number of primary amides is 1. The minimum Gasteiger partial charge on any atom is -0.456 e. The number of aromatic nitrogens is 2. The number of rotatable bonds is 10. The molecule has 0 spiro atoms. The lowest BCUT2D eigenvalue weighted by molar-refractivity contribution is -0.239. The molecule has 2 aliphatic rings. The van der Waals surface area contributed by atoms with Crippen LogP contribution in [-0.4, -0.2) is 85.2 Å². The first-order valence-electron chi connectivity index (χ1n) is 12.9. The van der Waals surface area contributed by atoms with Crippen LogP contribution in [0.3, 0.4) is 0 Å². The molecule has 2 amide bonds. The molecule has 0 bridgehead atoms. The number of benzene rings is 1. The zero-order valence-corrected chi connectivity index (χ0v) is 22.0. The lowest BCUT2D eigenvalue weighted by Crippen LogP contribution is -2.52. The predicted molar refractivity (Wildman–Crippen MR) is 140 cm³/mol. The topological polar surface area (TPSA) is 236 Å². The Hall–Kier alpha value is -3.86. The fourth-order valence-electron chi connectivity index (χ4n) is 4.76. The van der Waals surface area contributed by atoms with E-state index in [9.17, 15) is 39.6 Å². The molecule has 41 heavy (non-hydrogen) atoms. The van der Waals surface area contributed by atoms with Gasteiger partial charge in [-0.05, 0) is 24.1 Å². The minimum atomic E-state index is -1.81. The zero-order chi connectivity index (χ0) is 29.8. The quantitative estimate of drug-likeness (QED) is 0.161. The second-order valence-corrected chi connectivity index (χ2v) is 9.66. The number of H-pyrrole nitrogens is 1. The number of aromatic amines is 1. The van der Waals surface area contributed by atoms with Crippen molar-refractivity contribution in [3.8, 4) is 0 Å². The van der Waals surface area contributed by atoms with Gasteiger partial charge in [-0.1, -0.05) is 31.5 Å². The lowest BCUT2D eigenvalue weighted by atomic mass is 9.94. The van der Waals surface area contributed by atoms with Crippen molar-refractivity contribution in [2.24, 2.45) is 11.7 Å². The molecule has 1 aromatic heterocycles. The van der Waals surface area contributed by atoms with Crippen molar-refractivity contribution in [3.05, 3.63) is 74.8 Å². The van der Waals surface area contributed by atoms with Crippen LogP contribution in [0.15, 0.2) is 58.0 Å². The molecule has 8 N–H and O–H groups in total. The Kier molecular flexibility index (Phi) is 9.37. The molecule has 0 unspecified atom stereocenters. The third-order valence-corrected chi connectivity index (χ3v) is 6.85. The van der Waals surface area contributed by atoms with Gasteiger partial charge in [-0.15, -0.1) is 0 Å². The number of nitrogens with one attached hydrogen (secondary N) is 2. The van der Waals surface area contributed by atoms with Gasteiger partial charge in [-0.2, -0.15) is 0 Å². The van der Waals surface area contributed by atoms with Crippen LogP contribution in [0.5, 0.6) is 0 Å². The maximum absolute atomic E-state index is 13.0. The van der Waals surface area contributed by atoms with Gasteiger partial charge < -0.3 is 45.7 Å². The highest BCUT2D eigenvalue weighted by Crippen LogP contribution is 2.36. The summed E-state index contributed by atoms with van der Waals surface area (Å²) in [6, 6.07) is 8.10. The number of carbonyl (C=O) groups is 2. The maximum Gasteiger partial charge on any atom is 0.330 e. The molecule has 2 aliphatic heterocycles. The van der Waals surface area contributed by atoms with Crippen molar-refractivity contribution >= 4 is 17.5 Å². The van der Waals surface area contributed by atoms with Crippen molar-refractivity contribution in [1.82, 2.24) is 9.55 Å². The number of anilines is 1. The van der Waals surface area contributed by atoms with Crippen LogP contribution in [0.4, 0.5) is 5.69 Å². The first-order valence-corrected chi connectivity index (χ1v) is 12.9. The number of aliphatic hydroxyl groups excluding tert-OH is 4. The van der Waals surface area contributed by atoms with Crippen LogP contribution in [-0.2, 0) is 30.2 Å². The Balaban J connectivity index is 1.55. The van der Waals surface area contributed by atoms with Gasteiger partial charge in [-0.3, -0.25) is 23.9 Å².